The minimum absolute atomic E-state index is 0.634. The largest absolute Gasteiger partial charge is 0.346 e. The van der Waals surface area contributed by atoms with E-state index in [-0.39, 0.29) is 0 Å². The van der Waals surface area contributed by atoms with Gasteiger partial charge in [0.25, 0.3) is 0 Å². The van der Waals surface area contributed by atoms with Gasteiger partial charge in [0.05, 0.1) is 6.20 Å². The van der Waals surface area contributed by atoms with Gasteiger partial charge in [-0.2, -0.15) is 5.10 Å². The average Bonchev–Trinajstić information content (AvgIpc) is 3.29. The van der Waals surface area contributed by atoms with Crippen molar-refractivity contribution in [3.63, 3.8) is 0 Å². The first-order chi connectivity index (χ1) is 14.2. The lowest BCUT2D eigenvalue weighted by Gasteiger charge is -2.36. The zero-order chi connectivity index (χ0) is 19.8. The molecule has 5 rings (SSSR count). The van der Waals surface area contributed by atoms with Crippen molar-refractivity contribution in [1.29, 1.82) is 0 Å². The van der Waals surface area contributed by atoms with Crippen LogP contribution in [0.4, 0.5) is 0 Å². The van der Waals surface area contributed by atoms with Crippen LogP contribution in [-0.2, 0) is 7.05 Å². The molecule has 0 spiro atoms. The number of aromatic amines is 1. The van der Waals surface area contributed by atoms with Gasteiger partial charge in [-0.05, 0) is 69.8 Å². The normalized spacial score (nSPS) is 24.8. The van der Waals surface area contributed by atoms with Crippen LogP contribution in [0.15, 0.2) is 30.9 Å². The van der Waals surface area contributed by atoms with Gasteiger partial charge in [0.2, 0.25) is 0 Å². The van der Waals surface area contributed by atoms with E-state index in [1.165, 1.54) is 74.8 Å². The molecule has 0 amide bonds. The first kappa shape index (κ1) is 18.8. The van der Waals surface area contributed by atoms with Crippen LogP contribution in [0, 0.1) is 0 Å². The third kappa shape index (κ3) is 3.83. The average molecular weight is 393 g/mol. The monoisotopic (exact) mass is 392 g/mol. The van der Waals surface area contributed by atoms with Crippen molar-refractivity contribution >= 4 is 11.0 Å². The highest BCUT2D eigenvalue weighted by atomic mass is 15.2. The molecule has 4 heterocycles. The second-order valence-corrected chi connectivity index (χ2v) is 8.97. The summed E-state index contributed by atoms with van der Waals surface area (Å²) >= 11 is 0. The quantitative estimate of drug-likeness (QED) is 0.740. The molecule has 1 saturated heterocycles. The molecule has 0 radical (unpaired) electrons. The summed E-state index contributed by atoms with van der Waals surface area (Å²) in [6.07, 6.45) is 14.6. The lowest BCUT2D eigenvalue weighted by atomic mass is 9.81. The van der Waals surface area contributed by atoms with Gasteiger partial charge in [-0.3, -0.25) is 9.58 Å². The standard InChI is InChI=1S/C23H32N6/c1-27-8-3-9-29(11-10-27)20-6-4-17(5-7-20)18-12-21-22(15-25-23(21)24-13-18)19-14-26-28(2)16-19/h12-17,20H,3-11H2,1-2H3,(H,24,25)/t17-,20+. The summed E-state index contributed by atoms with van der Waals surface area (Å²) in [5.41, 5.74) is 4.71. The smallest absolute Gasteiger partial charge is 0.137 e. The van der Waals surface area contributed by atoms with Gasteiger partial charge in [0.15, 0.2) is 0 Å². The summed E-state index contributed by atoms with van der Waals surface area (Å²) in [5, 5.41) is 5.55. The van der Waals surface area contributed by atoms with E-state index in [9.17, 15) is 0 Å². The lowest BCUT2D eigenvalue weighted by Crippen LogP contribution is -2.40. The van der Waals surface area contributed by atoms with Crippen molar-refractivity contribution in [2.24, 2.45) is 7.05 Å². The van der Waals surface area contributed by atoms with Gasteiger partial charge in [-0.25, -0.2) is 4.98 Å². The Morgan fingerprint density at radius 3 is 2.66 bits per heavy atom. The van der Waals surface area contributed by atoms with E-state index in [1.54, 1.807) is 0 Å². The van der Waals surface area contributed by atoms with Crippen molar-refractivity contribution in [2.45, 2.75) is 44.1 Å². The van der Waals surface area contributed by atoms with E-state index >= 15 is 0 Å². The topological polar surface area (TPSA) is 53.0 Å². The van der Waals surface area contributed by atoms with Crippen LogP contribution in [-0.4, -0.2) is 68.8 Å². The molecule has 1 N–H and O–H groups in total. The number of hydrogen-bond donors (Lipinski definition) is 1. The molecule has 1 aliphatic heterocycles. The Balaban J connectivity index is 1.30. The number of likely N-dealkylation sites (N-methyl/N-ethyl adjacent to an activating group) is 1. The minimum atomic E-state index is 0.634. The third-order valence-corrected chi connectivity index (χ3v) is 7.01. The number of nitrogens with one attached hydrogen (secondary N) is 1. The van der Waals surface area contributed by atoms with E-state index in [2.05, 4.69) is 51.6 Å². The van der Waals surface area contributed by atoms with Crippen LogP contribution in [0.3, 0.4) is 0 Å². The fourth-order valence-electron chi connectivity index (χ4n) is 5.25. The molecular formula is C23H32N6. The number of aryl methyl sites for hydroxylation is 1. The molecule has 3 aromatic heterocycles. The van der Waals surface area contributed by atoms with Crippen LogP contribution in [0.2, 0.25) is 0 Å². The zero-order valence-electron chi connectivity index (χ0n) is 17.6. The summed E-state index contributed by atoms with van der Waals surface area (Å²) in [5.74, 6) is 0.634. The molecule has 0 atom stereocenters. The van der Waals surface area contributed by atoms with Crippen molar-refractivity contribution in [3.05, 3.63) is 36.4 Å². The van der Waals surface area contributed by atoms with Gasteiger partial charge in [-0.1, -0.05) is 0 Å². The molecule has 1 aliphatic carbocycles. The number of pyridine rings is 1. The van der Waals surface area contributed by atoms with Gasteiger partial charge in [0.1, 0.15) is 5.65 Å². The number of aromatic nitrogens is 4. The number of rotatable bonds is 3. The number of H-pyrrole nitrogens is 1. The third-order valence-electron chi connectivity index (χ3n) is 7.01. The Morgan fingerprint density at radius 1 is 1.00 bits per heavy atom. The maximum Gasteiger partial charge on any atom is 0.137 e. The molecule has 29 heavy (non-hydrogen) atoms. The fraction of sp³-hybridized carbons (Fsp3) is 0.565. The van der Waals surface area contributed by atoms with Crippen molar-refractivity contribution < 1.29 is 0 Å². The van der Waals surface area contributed by atoms with Crippen LogP contribution in [0.5, 0.6) is 0 Å². The Bertz CT molecular complexity index is 965. The first-order valence-corrected chi connectivity index (χ1v) is 11.1. The molecule has 2 fully saturated rings. The molecule has 0 bridgehead atoms. The predicted molar refractivity (Wildman–Crippen MR) is 117 cm³/mol. The molecule has 0 unspecified atom stereocenters. The van der Waals surface area contributed by atoms with Crippen LogP contribution in [0.25, 0.3) is 22.2 Å². The highest BCUT2D eigenvalue weighted by molar-refractivity contribution is 5.93. The van der Waals surface area contributed by atoms with E-state index in [1.807, 2.05) is 17.9 Å². The molecular weight excluding hydrogens is 360 g/mol. The van der Waals surface area contributed by atoms with Gasteiger partial charge < -0.3 is 9.88 Å². The lowest BCUT2D eigenvalue weighted by molar-refractivity contribution is 0.154. The van der Waals surface area contributed by atoms with Crippen LogP contribution >= 0.6 is 0 Å². The van der Waals surface area contributed by atoms with E-state index in [0.717, 1.165) is 17.3 Å². The van der Waals surface area contributed by atoms with E-state index < -0.39 is 0 Å². The van der Waals surface area contributed by atoms with Gasteiger partial charge >= 0.3 is 0 Å². The molecule has 6 nitrogen and oxygen atoms in total. The Kier molecular flexibility index (Phi) is 5.14. The Labute approximate surface area is 172 Å². The summed E-state index contributed by atoms with van der Waals surface area (Å²) in [4.78, 5) is 13.3. The van der Waals surface area contributed by atoms with E-state index in [4.69, 9.17) is 4.98 Å². The Hall–Kier alpha value is -2.18. The SMILES string of the molecule is CN1CCCN([C@H]2CC[C@@H](c3cnc4[nH]cc(-c5cnn(C)c5)c4c3)CC2)CC1. The molecule has 154 valence electrons. The summed E-state index contributed by atoms with van der Waals surface area (Å²) in [6, 6.07) is 3.14. The highest BCUT2D eigenvalue weighted by Crippen LogP contribution is 2.37. The predicted octanol–water partition coefficient (Wildman–Crippen LogP) is 3.63. The minimum Gasteiger partial charge on any atom is -0.346 e. The maximum absolute atomic E-state index is 4.74. The summed E-state index contributed by atoms with van der Waals surface area (Å²) in [6.45, 7) is 4.96. The molecule has 2 aliphatic rings. The van der Waals surface area contributed by atoms with Crippen molar-refractivity contribution in [1.82, 2.24) is 29.5 Å². The molecule has 1 saturated carbocycles. The fourth-order valence-corrected chi connectivity index (χ4v) is 5.25. The van der Waals surface area contributed by atoms with Crippen LogP contribution in [0.1, 0.15) is 43.6 Å². The zero-order valence-corrected chi connectivity index (χ0v) is 17.6. The molecule has 3 aromatic rings. The first-order valence-electron chi connectivity index (χ1n) is 11.1. The second kappa shape index (κ2) is 7.92. The second-order valence-electron chi connectivity index (χ2n) is 8.97. The molecule has 6 heteroatoms. The van der Waals surface area contributed by atoms with Crippen LogP contribution < -0.4 is 0 Å². The maximum atomic E-state index is 4.74. The van der Waals surface area contributed by atoms with Crippen molar-refractivity contribution in [2.75, 3.05) is 33.2 Å². The number of fused-ring (bicyclic) bond motifs is 1. The van der Waals surface area contributed by atoms with Crippen molar-refractivity contribution in [3.8, 4) is 11.1 Å². The highest BCUT2D eigenvalue weighted by Gasteiger charge is 2.28. The summed E-state index contributed by atoms with van der Waals surface area (Å²) < 4.78 is 1.85. The van der Waals surface area contributed by atoms with Gasteiger partial charge in [0, 0.05) is 61.3 Å². The molecule has 0 aromatic carbocycles. The number of nitrogens with zero attached hydrogens (tertiary/aromatic N) is 5. The number of hydrogen-bond acceptors (Lipinski definition) is 4. The summed E-state index contributed by atoms with van der Waals surface area (Å²) in [7, 11) is 4.22. The van der Waals surface area contributed by atoms with E-state index in [0.29, 0.717) is 5.92 Å². The Morgan fingerprint density at radius 2 is 1.86 bits per heavy atom. The van der Waals surface area contributed by atoms with Gasteiger partial charge in [-0.15, -0.1) is 0 Å².